The number of rotatable bonds is 1. The summed E-state index contributed by atoms with van der Waals surface area (Å²) in [5, 5.41) is 12.3. The molecule has 0 unspecified atom stereocenters. The summed E-state index contributed by atoms with van der Waals surface area (Å²) in [6.45, 7) is 5.68. The van der Waals surface area contributed by atoms with Crippen LogP contribution >= 0.6 is 0 Å². The van der Waals surface area contributed by atoms with Gasteiger partial charge in [-0.15, -0.1) is 0 Å². The lowest BCUT2D eigenvalue weighted by Crippen LogP contribution is -2.40. The van der Waals surface area contributed by atoms with Crippen molar-refractivity contribution in [3.05, 3.63) is 23.8 Å². The van der Waals surface area contributed by atoms with E-state index in [2.05, 4.69) is 12.2 Å². The zero-order valence-electron chi connectivity index (χ0n) is 10.9. The van der Waals surface area contributed by atoms with Crippen molar-refractivity contribution in [3.8, 4) is 5.75 Å². The fourth-order valence-corrected chi connectivity index (χ4v) is 2.15. The Morgan fingerprint density at radius 2 is 2.06 bits per heavy atom. The topological polar surface area (TPSA) is 52.6 Å². The van der Waals surface area contributed by atoms with E-state index in [1.54, 1.807) is 18.2 Å². The molecule has 4 nitrogen and oxygen atoms in total. The van der Waals surface area contributed by atoms with E-state index < -0.39 is 0 Å². The maximum Gasteiger partial charge on any atom is 0.321 e. The Hall–Kier alpha value is -1.71. The van der Waals surface area contributed by atoms with Gasteiger partial charge in [-0.3, -0.25) is 0 Å². The highest BCUT2D eigenvalue weighted by atomic mass is 16.3. The maximum absolute atomic E-state index is 12.0. The van der Waals surface area contributed by atoms with Crippen molar-refractivity contribution in [2.75, 3.05) is 18.4 Å². The molecule has 98 valence electrons. The first-order valence-electron chi connectivity index (χ1n) is 6.42. The Balaban J connectivity index is 1.96. The Morgan fingerprint density at radius 3 is 2.67 bits per heavy atom. The lowest BCUT2D eigenvalue weighted by molar-refractivity contribution is 0.186. The first-order chi connectivity index (χ1) is 8.56. The van der Waals surface area contributed by atoms with Crippen LogP contribution < -0.4 is 5.32 Å². The number of carbonyl (C=O) groups excluding carboxylic acids is 1. The number of aryl methyl sites for hydroxylation is 1. The maximum atomic E-state index is 12.0. The molecule has 0 aromatic heterocycles. The quantitative estimate of drug-likeness (QED) is 0.751. The number of hydrogen-bond acceptors (Lipinski definition) is 2. The number of urea groups is 1. The number of nitrogens with zero attached hydrogens (tertiary/aromatic N) is 1. The summed E-state index contributed by atoms with van der Waals surface area (Å²) in [4.78, 5) is 13.9. The van der Waals surface area contributed by atoms with Gasteiger partial charge < -0.3 is 15.3 Å². The largest absolute Gasteiger partial charge is 0.508 e. The molecule has 1 fully saturated rings. The van der Waals surface area contributed by atoms with Crippen molar-refractivity contribution in [1.29, 1.82) is 0 Å². The number of hydrogen-bond donors (Lipinski definition) is 2. The number of amides is 2. The molecule has 0 aliphatic carbocycles. The van der Waals surface area contributed by atoms with Gasteiger partial charge in [0.2, 0.25) is 0 Å². The molecule has 0 saturated carbocycles. The number of benzene rings is 1. The third kappa shape index (κ3) is 2.94. The van der Waals surface area contributed by atoms with Crippen LogP contribution in [0.2, 0.25) is 0 Å². The third-order valence-corrected chi connectivity index (χ3v) is 3.52. The minimum atomic E-state index is -0.0491. The van der Waals surface area contributed by atoms with E-state index in [4.69, 9.17) is 0 Å². The Labute approximate surface area is 108 Å². The zero-order chi connectivity index (χ0) is 13.1. The molecule has 0 spiro atoms. The van der Waals surface area contributed by atoms with Crippen molar-refractivity contribution < 1.29 is 9.90 Å². The van der Waals surface area contributed by atoms with Crippen molar-refractivity contribution >= 4 is 11.7 Å². The van der Waals surface area contributed by atoms with E-state index in [1.807, 2.05) is 11.8 Å². The van der Waals surface area contributed by atoms with Gasteiger partial charge in [0.1, 0.15) is 5.75 Å². The average Bonchev–Trinajstić information content (AvgIpc) is 2.34. The number of likely N-dealkylation sites (tertiary alicyclic amines) is 1. The Morgan fingerprint density at radius 1 is 1.39 bits per heavy atom. The summed E-state index contributed by atoms with van der Waals surface area (Å²) in [6.07, 6.45) is 2.14. The van der Waals surface area contributed by atoms with Gasteiger partial charge in [0.05, 0.1) is 0 Å². The van der Waals surface area contributed by atoms with Gasteiger partial charge in [-0.05, 0) is 49.4 Å². The van der Waals surface area contributed by atoms with Gasteiger partial charge >= 0.3 is 6.03 Å². The molecule has 0 bridgehead atoms. The van der Waals surface area contributed by atoms with Crippen LogP contribution in [0.25, 0.3) is 0 Å². The van der Waals surface area contributed by atoms with Crippen molar-refractivity contribution in [1.82, 2.24) is 4.90 Å². The van der Waals surface area contributed by atoms with E-state index in [1.165, 1.54) is 0 Å². The van der Waals surface area contributed by atoms with Gasteiger partial charge in [-0.2, -0.15) is 0 Å². The highest BCUT2D eigenvalue weighted by Gasteiger charge is 2.20. The molecule has 4 heteroatoms. The smallest absolute Gasteiger partial charge is 0.321 e. The first kappa shape index (κ1) is 12.7. The van der Waals surface area contributed by atoms with Gasteiger partial charge in [-0.1, -0.05) is 6.92 Å². The van der Waals surface area contributed by atoms with Crippen LogP contribution in [0.15, 0.2) is 18.2 Å². The van der Waals surface area contributed by atoms with E-state index in [0.717, 1.165) is 37.2 Å². The van der Waals surface area contributed by atoms with Crippen LogP contribution in [0.5, 0.6) is 5.75 Å². The minimum Gasteiger partial charge on any atom is -0.508 e. The average molecular weight is 248 g/mol. The van der Waals surface area contributed by atoms with Crippen LogP contribution in [0.4, 0.5) is 10.5 Å². The van der Waals surface area contributed by atoms with Gasteiger partial charge in [-0.25, -0.2) is 4.79 Å². The first-order valence-corrected chi connectivity index (χ1v) is 6.42. The second kappa shape index (κ2) is 5.29. The van der Waals surface area contributed by atoms with Gasteiger partial charge in [0.15, 0.2) is 0 Å². The standard InChI is InChI=1S/C14H20N2O2/c1-10-5-7-16(8-6-10)14(18)15-12-3-4-13(17)11(2)9-12/h3-4,9-10,17H,5-8H2,1-2H3,(H,15,18). The van der Waals surface area contributed by atoms with Crippen molar-refractivity contribution in [2.24, 2.45) is 5.92 Å². The zero-order valence-corrected chi connectivity index (χ0v) is 10.9. The molecule has 1 aliphatic heterocycles. The Bertz CT molecular complexity index is 437. The lowest BCUT2D eigenvalue weighted by atomic mass is 10.00. The summed E-state index contributed by atoms with van der Waals surface area (Å²) < 4.78 is 0. The molecule has 2 N–H and O–H groups in total. The predicted molar refractivity (Wildman–Crippen MR) is 71.8 cm³/mol. The SMILES string of the molecule is Cc1cc(NC(=O)N2CCC(C)CC2)ccc1O. The fourth-order valence-electron chi connectivity index (χ4n) is 2.15. The summed E-state index contributed by atoms with van der Waals surface area (Å²) in [7, 11) is 0. The summed E-state index contributed by atoms with van der Waals surface area (Å²) in [5.74, 6) is 0.963. The predicted octanol–water partition coefficient (Wildman–Crippen LogP) is 2.96. The van der Waals surface area contributed by atoms with Crippen LogP contribution in [-0.2, 0) is 0 Å². The Kier molecular flexibility index (Phi) is 3.75. The summed E-state index contributed by atoms with van der Waals surface area (Å²) >= 11 is 0. The molecular formula is C14H20N2O2. The number of aromatic hydroxyl groups is 1. The van der Waals surface area contributed by atoms with E-state index in [0.29, 0.717) is 5.92 Å². The third-order valence-electron chi connectivity index (χ3n) is 3.52. The van der Waals surface area contributed by atoms with Gasteiger partial charge in [0, 0.05) is 18.8 Å². The summed E-state index contributed by atoms with van der Waals surface area (Å²) in [6, 6.07) is 5.04. The van der Waals surface area contributed by atoms with E-state index in [9.17, 15) is 9.90 Å². The van der Waals surface area contributed by atoms with Crippen molar-refractivity contribution in [2.45, 2.75) is 26.7 Å². The molecule has 18 heavy (non-hydrogen) atoms. The van der Waals surface area contributed by atoms with Crippen LogP contribution in [0, 0.1) is 12.8 Å². The number of carbonyl (C=O) groups is 1. The highest BCUT2D eigenvalue weighted by molar-refractivity contribution is 5.89. The minimum absolute atomic E-state index is 0.0491. The second-order valence-electron chi connectivity index (χ2n) is 5.10. The van der Waals surface area contributed by atoms with E-state index in [-0.39, 0.29) is 11.8 Å². The number of piperidine rings is 1. The molecule has 1 aromatic carbocycles. The van der Waals surface area contributed by atoms with Crippen LogP contribution in [0.3, 0.4) is 0 Å². The van der Waals surface area contributed by atoms with Gasteiger partial charge in [0.25, 0.3) is 0 Å². The number of phenolic OH excluding ortho intramolecular Hbond substituents is 1. The molecule has 1 saturated heterocycles. The normalized spacial score (nSPS) is 16.7. The van der Waals surface area contributed by atoms with Crippen molar-refractivity contribution in [3.63, 3.8) is 0 Å². The number of nitrogens with one attached hydrogen (secondary N) is 1. The lowest BCUT2D eigenvalue weighted by Gasteiger charge is -2.30. The monoisotopic (exact) mass is 248 g/mol. The number of phenols is 1. The van der Waals surface area contributed by atoms with Crippen LogP contribution in [0.1, 0.15) is 25.3 Å². The molecule has 1 aliphatic rings. The molecule has 0 atom stereocenters. The molecular weight excluding hydrogens is 228 g/mol. The number of anilines is 1. The molecule has 1 aromatic rings. The molecule has 0 radical (unpaired) electrons. The molecule has 2 amide bonds. The molecule has 2 rings (SSSR count). The highest BCUT2D eigenvalue weighted by Crippen LogP contribution is 2.21. The second-order valence-corrected chi connectivity index (χ2v) is 5.10. The van der Waals surface area contributed by atoms with E-state index >= 15 is 0 Å². The molecule has 1 heterocycles. The van der Waals surface area contributed by atoms with Crippen LogP contribution in [-0.4, -0.2) is 29.1 Å². The summed E-state index contributed by atoms with van der Waals surface area (Å²) in [5.41, 5.74) is 1.49. The fraction of sp³-hybridized carbons (Fsp3) is 0.500.